The van der Waals surface area contributed by atoms with E-state index in [4.69, 9.17) is 13.9 Å². The minimum Gasteiger partial charge on any atom is -0.497 e. The van der Waals surface area contributed by atoms with E-state index in [-0.39, 0.29) is 0 Å². The summed E-state index contributed by atoms with van der Waals surface area (Å²) >= 11 is 0. The second kappa shape index (κ2) is 6.75. The maximum atomic E-state index is 5.27. The average molecular weight is 271 g/mol. The summed E-state index contributed by atoms with van der Waals surface area (Å²) in [6.45, 7) is 0. The van der Waals surface area contributed by atoms with Crippen LogP contribution in [0.5, 0.6) is 11.5 Å². The third-order valence-corrected chi connectivity index (χ3v) is 3.10. The molecule has 1 aromatic rings. The summed E-state index contributed by atoms with van der Waals surface area (Å²) in [4.78, 5) is 0. The van der Waals surface area contributed by atoms with Crippen molar-refractivity contribution in [3.63, 3.8) is 0 Å². The zero-order valence-electron chi connectivity index (χ0n) is 12.1. The highest BCUT2D eigenvalue weighted by Gasteiger charge is 2.05. The Bertz CT molecular complexity index is 552. The highest BCUT2D eigenvalue weighted by molar-refractivity contribution is 6.01. The Hall–Kier alpha value is -2.29. The zero-order valence-corrected chi connectivity index (χ0v) is 12.1. The van der Waals surface area contributed by atoms with Crippen LogP contribution in [0.1, 0.15) is 5.56 Å². The molecule has 0 N–H and O–H groups in total. The molecule has 2 rings (SSSR count). The van der Waals surface area contributed by atoms with E-state index in [0.29, 0.717) is 0 Å². The van der Waals surface area contributed by atoms with Crippen LogP contribution >= 0.6 is 0 Å². The normalized spacial score (nSPS) is 13.3. The van der Waals surface area contributed by atoms with Crippen LogP contribution in [0.3, 0.4) is 0 Å². The molecule has 0 radical (unpaired) electrons. The monoisotopic (exact) mass is 271 g/mol. The van der Waals surface area contributed by atoms with Gasteiger partial charge in [-0.25, -0.2) is 0 Å². The van der Waals surface area contributed by atoms with E-state index >= 15 is 0 Å². The van der Waals surface area contributed by atoms with Crippen molar-refractivity contribution in [3.05, 3.63) is 59.7 Å². The summed E-state index contributed by atoms with van der Waals surface area (Å²) in [5.74, 6) is 2.48. The summed E-state index contributed by atoms with van der Waals surface area (Å²) < 4.78 is 15.7. The summed E-state index contributed by atoms with van der Waals surface area (Å²) in [7, 11) is 4.98. The number of hydrogen-bond donors (Lipinski definition) is 0. The number of ether oxygens (including phenoxy) is 2. The maximum Gasteiger partial charge on any atom is 0.343 e. The SMILES string of the molecule is COc1cc(CC=C2C=CC(=[O+]C)C=C2)cc(OC)c1. The lowest BCUT2D eigenvalue weighted by molar-refractivity contribution is -0.417. The van der Waals surface area contributed by atoms with Gasteiger partial charge in [-0.15, -0.1) is 0 Å². The molecule has 0 unspecified atom stereocenters. The Morgan fingerprint density at radius 2 is 1.55 bits per heavy atom. The number of rotatable bonds is 4. The number of carbonyl (C=O) groups excluding carboxylic acids is 1. The first-order chi connectivity index (χ1) is 9.75. The largest absolute Gasteiger partial charge is 0.497 e. The molecule has 1 aliphatic rings. The molecule has 3 nitrogen and oxygen atoms in total. The third kappa shape index (κ3) is 3.60. The van der Waals surface area contributed by atoms with E-state index in [0.717, 1.165) is 34.8 Å². The minimum absolute atomic E-state index is 0.808. The topological polar surface area (TPSA) is 29.8 Å². The van der Waals surface area contributed by atoms with E-state index in [1.165, 1.54) is 0 Å². The number of allylic oxidation sites excluding steroid dienone is 6. The maximum absolute atomic E-state index is 5.27. The van der Waals surface area contributed by atoms with Crippen molar-refractivity contribution in [2.45, 2.75) is 6.42 Å². The van der Waals surface area contributed by atoms with Crippen molar-refractivity contribution in [1.29, 1.82) is 0 Å². The second-order valence-electron chi connectivity index (χ2n) is 4.40. The summed E-state index contributed by atoms with van der Waals surface area (Å²) in [6, 6.07) is 5.90. The van der Waals surface area contributed by atoms with Gasteiger partial charge in [0.05, 0.1) is 14.2 Å². The van der Waals surface area contributed by atoms with Gasteiger partial charge in [-0.05, 0) is 41.8 Å². The van der Waals surface area contributed by atoms with Crippen molar-refractivity contribution in [2.24, 2.45) is 0 Å². The van der Waals surface area contributed by atoms with Gasteiger partial charge in [-0.3, -0.25) is 4.42 Å². The van der Waals surface area contributed by atoms with E-state index in [1.807, 2.05) is 42.5 Å². The molecule has 3 heteroatoms. The molecule has 0 amide bonds. The molecule has 1 aromatic carbocycles. The van der Waals surface area contributed by atoms with Gasteiger partial charge >= 0.3 is 5.78 Å². The van der Waals surface area contributed by atoms with Gasteiger partial charge in [0.25, 0.3) is 7.11 Å². The molecule has 0 aromatic heterocycles. The van der Waals surface area contributed by atoms with Crippen LogP contribution in [0.25, 0.3) is 0 Å². The van der Waals surface area contributed by atoms with Gasteiger partial charge < -0.3 is 9.47 Å². The first-order valence-electron chi connectivity index (χ1n) is 6.44. The predicted octanol–water partition coefficient (Wildman–Crippen LogP) is 3.03. The van der Waals surface area contributed by atoms with Gasteiger partial charge in [0.1, 0.15) is 11.5 Å². The molecule has 0 fully saturated rings. The van der Waals surface area contributed by atoms with E-state index in [2.05, 4.69) is 6.08 Å². The Labute approximate surface area is 119 Å². The van der Waals surface area contributed by atoms with Gasteiger partial charge in [-0.2, -0.15) is 0 Å². The third-order valence-electron chi connectivity index (χ3n) is 3.10. The van der Waals surface area contributed by atoms with Gasteiger partial charge in [0.2, 0.25) is 0 Å². The number of ketones is 1. The smallest absolute Gasteiger partial charge is 0.343 e. The minimum atomic E-state index is 0.808. The van der Waals surface area contributed by atoms with Crippen molar-refractivity contribution in [2.75, 3.05) is 21.3 Å². The standard InChI is InChI=1S/C17H19O3/c1-18-15-8-6-13(7-9-15)4-5-14-10-16(19-2)12-17(11-14)20-3/h4,6-12H,5H2,1-3H3/q+1. The molecule has 0 saturated carbocycles. The molecule has 1 aliphatic carbocycles. The molecular formula is C17H19O3+. The lowest BCUT2D eigenvalue weighted by Crippen LogP contribution is -1.96. The van der Waals surface area contributed by atoms with Crippen molar-refractivity contribution in [1.82, 2.24) is 0 Å². The Kier molecular flexibility index (Phi) is 4.77. The van der Waals surface area contributed by atoms with E-state index in [9.17, 15) is 0 Å². The Balaban J connectivity index is 2.13. The quantitative estimate of drug-likeness (QED) is 0.788. The molecule has 0 heterocycles. The van der Waals surface area contributed by atoms with Crippen LogP contribution in [-0.2, 0) is 10.8 Å². The predicted molar refractivity (Wildman–Crippen MR) is 80.5 cm³/mol. The summed E-state index contributed by atoms with van der Waals surface area (Å²) in [5, 5.41) is 0. The van der Waals surface area contributed by atoms with Gasteiger partial charge in [0, 0.05) is 18.2 Å². The molecule has 20 heavy (non-hydrogen) atoms. The Morgan fingerprint density at radius 1 is 0.950 bits per heavy atom. The Morgan fingerprint density at radius 3 is 2.05 bits per heavy atom. The molecular weight excluding hydrogens is 252 g/mol. The molecule has 0 spiro atoms. The fourth-order valence-electron chi connectivity index (χ4n) is 1.96. The van der Waals surface area contributed by atoms with Crippen LogP contribution in [0.15, 0.2) is 54.2 Å². The van der Waals surface area contributed by atoms with Crippen molar-refractivity contribution in [3.8, 4) is 11.5 Å². The van der Waals surface area contributed by atoms with Crippen LogP contribution in [-0.4, -0.2) is 27.1 Å². The van der Waals surface area contributed by atoms with Crippen molar-refractivity contribution >= 4 is 5.78 Å². The van der Waals surface area contributed by atoms with E-state index in [1.54, 1.807) is 21.3 Å². The zero-order chi connectivity index (χ0) is 14.4. The number of hydrogen-bond acceptors (Lipinski definition) is 2. The fourth-order valence-corrected chi connectivity index (χ4v) is 1.96. The summed E-state index contributed by atoms with van der Waals surface area (Å²) in [6.07, 6.45) is 11.0. The highest BCUT2D eigenvalue weighted by Crippen LogP contribution is 2.23. The average Bonchev–Trinajstić information content (AvgIpc) is 2.53. The van der Waals surface area contributed by atoms with Gasteiger partial charge in [0.15, 0.2) is 0 Å². The van der Waals surface area contributed by atoms with Gasteiger partial charge in [-0.1, -0.05) is 6.08 Å². The van der Waals surface area contributed by atoms with Crippen LogP contribution in [0, 0.1) is 0 Å². The second-order valence-corrected chi connectivity index (χ2v) is 4.40. The fraction of sp³-hybridized carbons (Fsp3) is 0.235. The number of benzene rings is 1. The first-order valence-corrected chi connectivity index (χ1v) is 6.44. The number of methoxy groups -OCH3 is 2. The lowest BCUT2D eigenvalue weighted by Gasteiger charge is -2.07. The molecule has 0 atom stereocenters. The highest BCUT2D eigenvalue weighted by atomic mass is 16.5. The molecule has 0 aliphatic heterocycles. The van der Waals surface area contributed by atoms with Crippen molar-refractivity contribution < 1.29 is 13.9 Å². The lowest BCUT2D eigenvalue weighted by atomic mass is 10.0. The molecule has 104 valence electrons. The van der Waals surface area contributed by atoms with E-state index < -0.39 is 0 Å². The van der Waals surface area contributed by atoms with Crippen LogP contribution < -0.4 is 9.47 Å². The van der Waals surface area contributed by atoms with Crippen LogP contribution in [0.2, 0.25) is 0 Å². The molecule has 0 saturated heterocycles. The first kappa shape index (κ1) is 14.1. The van der Waals surface area contributed by atoms with Crippen LogP contribution in [0.4, 0.5) is 0 Å². The summed E-state index contributed by atoms with van der Waals surface area (Å²) in [5.41, 5.74) is 2.31. The molecule has 0 bridgehead atoms.